The molecule has 3 aromatic rings. The van der Waals surface area contributed by atoms with Gasteiger partial charge in [-0.1, -0.05) is 35.9 Å². The van der Waals surface area contributed by atoms with E-state index in [0.717, 1.165) is 5.56 Å². The van der Waals surface area contributed by atoms with Crippen molar-refractivity contribution in [3.63, 3.8) is 0 Å². The monoisotopic (exact) mass is 352 g/mol. The molecule has 0 amide bonds. The van der Waals surface area contributed by atoms with E-state index in [2.05, 4.69) is 4.98 Å². The van der Waals surface area contributed by atoms with Crippen molar-refractivity contribution in [1.82, 2.24) is 4.98 Å². The van der Waals surface area contributed by atoms with E-state index in [-0.39, 0.29) is 12.4 Å². The van der Waals surface area contributed by atoms with Crippen LogP contribution in [-0.4, -0.2) is 17.7 Å². The van der Waals surface area contributed by atoms with E-state index in [1.54, 1.807) is 48.6 Å². The maximum atomic E-state index is 11.4. The quantitative estimate of drug-likeness (QED) is 0.724. The van der Waals surface area contributed by atoms with Crippen LogP contribution in [0.25, 0.3) is 23.1 Å². The fraction of sp³-hybridized carbons (Fsp3) is 0.0526. The molecule has 0 N–H and O–H groups in total. The molecule has 6 heteroatoms. The predicted octanol–water partition coefficient (Wildman–Crippen LogP) is 3.15. The highest BCUT2D eigenvalue weighted by Crippen LogP contribution is 2.40. The van der Waals surface area contributed by atoms with Crippen LogP contribution in [-0.2, 0) is 0 Å². The van der Waals surface area contributed by atoms with E-state index in [9.17, 15) is 9.90 Å². The van der Waals surface area contributed by atoms with Crippen LogP contribution in [0.4, 0.5) is 0 Å². The van der Waals surface area contributed by atoms with Gasteiger partial charge >= 0.3 is 0 Å². The molecule has 0 unspecified atom stereocenters. The highest BCUT2D eigenvalue weighted by atomic mass is 35.5. The highest BCUT2D eigenvalue weighted by Gasteiger charge is 2.17. The van der Waals surface area contributed by atoms with Gasteiger partial charge in [0.05, 0.1) is 22.2 Å². The first-order valence-corrected chi connectivity index (χ1v) is 7.88. The van der Waals surface area contributed by atoms with Crippen molar-refractivity contribution in [2.75, 3.05) is 6.79 Å². The van der Waals surface area contributed by atoms with E-state index in [0.29, 0.717) is 33.1 Å². The number of fused-ring (bicyclic) bond motifs is 2. The Labute approximate surface area is 148 Å². The van der Waals surface area contributed by atoms with Gasteiger partial charge in [0.2, 0.25) is 6.79 Å². The lowest BCUT2D eigenvalue weighted by Crippen LogP contribution is -2.22. The van der Waals surface area contributed by atoms with Crippen molar-refractivity contribution in [2.24, 2.45) is 0 Å². The molecule has 124 valence electrons. The molecule has 25 heavy (non-hydrogen) atoms. The Balaban J connectivity index is 1.75. The number of carbonyl (C=O) groups is 1. The molecular weight excluding hydrogens is 342 g/mol. The normalized spacial score (nSPS) is 12.8. The summed E-state index contributed by atoms with van der Waals surface area (Å²) in [4.78, 5) is 15.9. The number of ether oxygens (including phenoxy) is 2. The zero-order chi connectivity index (χ0) is 17.4. The van der Waals surface area contributed by atoms with Gasteiger partial charge in [-0.2, -0.15) is 0 Å². The third-order valence-electron chi connectivity index (χ3n) is 3.85. The summed E-state index contributed by atoms with van der Waals surface area (Å²) in [6.45, 7) is 0.142. The van der Waals surface area contributed by atoms with Crippen LogP contribution >= 0.6 is 11.6 Å². The van der Waals surface area contributed by atoms with Crippen LogP contribution in [0.2, 0.25) is 5.02 Å². The van der Waals surface area contributed by atoms with Gasteiger partial charge in [-0.15, -0.1) is 0 Å². The molecule has 1 aliphatic rings. The van der Waals surface area contributed by atoms with Gasteiger partial charge in [0, 0.05) is 10.9 Å². The first-order chi connectivity index (χ1) is 12.1. The second kappa shape index (κ2) is 6.11. The van der Waals surface area contributed by atoms with Crippen molar-refractivity contribution in [2.45, 2.75) is 0 Å². The number of nitrogens with zero attached hydrogens (tertiary/aromatic N) is 1. The van der Waals surface area contributed by atoms with Crippen LogP contribution in [0.1, 0.15) is 21.6 Å². The van der Waals surface area contributed by atoms with Gasteiger partial charge in [0.15, 0.2) is 11.5 Å². The largest absolute Gasteiger partial charge is 0.545 e. The molecule has 0 spiro atoms. The molecule has 0 bridgehead atoms. The zero-order valence-electron chi connectivity index (χ0n) is 12.9. The molecule has 1 aromatic heterocycles. The lowest BCUT2D eigenvalue weighted by Gasteiger charge is -2.08. The van der Waals surface area contributed by atoms with Gasteiger partial charge < -0.3 is 19.4 Å². The van der Waals surface area contributed by atoms with Crippen LogP contribution < -0.4 is 14.6 Å². The number of pyridine rings is 1. The Morgan fingerprint density at radius 1 is 1.16 bits per heavy atom. The summed E-state index contributed by atoms with van der Waals surface area (Å²) < 4.78 is 10.6. The summed E-state index contributed by atoms with van der Waals surface area (Å²) in [7, 11) is 0. The SMILES string of the molecule is O=C([O-])c1cc(/C=C/c2cc(Cl)c3c(c2)OCO3)nc2ccccc12. The first-order valence-electron chi connectivity index (χ1n) is 7.50. The maximum Gasteiger partial charge on any atom is 0.231 e. The minimum absolute atomic E-state index is 0.106. The molecule has 0 radical (unpaired) electrons. The number of benzene rings is 2. The number of aromatic nitrogens is 1. The lowest BCUT2D eigenvalue weighted by molar-refractivity contribution is -0.254. The highest BCUT2D eigenvalue weighted by molar-refractivity contribution is 6.32. The summed E-state index contributed by atoms with van der Waals surface area (Å²) in [6.07, 6.45) is 3.50. The number of carbonyl (C=O) groups excluding carboxylic acids is 1. The minimum Gasteiger partial charge on any atom is -0.545 e. The second-order valence-corrected chi connectivity index (χ2v) is 5.88. The summed E-state index contributed by atoms with van der Waals surface area (Å²) >= 11 is 6.16. The molecule has 0 saturated heterocycles. The lowest BCUT2D eigenvalue weighted by atomic mass is 10.1. The Morgan fingerprint density at radius 3 is 2.84 bits per heavy atom. The molecule has 0 fully saturated rings. The molecular formula is C19H11ClNO4-. The van der Waals surface area contributed by atoms with Gasteiger partial charge in [-0.3, -0.25) is 0 Å². The molecule has 0 atom stereocenters. The molecule has 0 saturated carbocycles. The number of aromatic carboxylic acids is 1. The van der Waals surface area contributed by atoms with Crippen molar-refractivity contribution in [1.29, 1.82) is 0 Å². The third-order valence-corrected chi connectivity index (χ3v) is 4.13. The van der Waals surface area contributed by atoms with Gasteiger partial charge in [-0.05, 0) is 35.9 Å². The average molecular weight is 353 g/mol. The summed E-state index contributed by atoms with van der Waals surface area (Å²) in [5.41, 5.74) is 1.99. The van der Waals surface area contributed by atoms with Crippen LogP contribution in [0, 0.1) is 0 Å². The molecule has 1 aliphatic heterocycles. The Hall–Kier alpha value is -3.05. The number of carboxylic acid groups (broad SMARTS) is 1. The van der Waals surface area contributed by atoms with Crippen LogP contribution in [0.15, 0.2) is 42.5 Å². The van der Waals surface area contributed by atoms with Crippen LogP contribution in [0.3, 0.4) is 0 Å². The fourth-order valence-corrected chi connectivity index (χ4v) is 2.99. The second-order valence-electron chi connectivity index (χ2n) is 5.47. The van der Waals surface area contributed by atoms with Crippen molar-refractivity contribution in [3.8, 4) is 11.5 Å². The molecule has 0 aliphatic carbocycles. The summed E-state index contributed by atoms with van der Waals surface area (Å²) in [6, 6.07) is 12.1. The number of hydrogen-bond acceptors (Lipinski definition) is 5. The van der Waals surface area contributed by atoms with Gasteiger partial charge in [0.25, 0.3) is 0 Å². The van der Waals surface area contributed by atoms with E-state index < -0.39 is 5.97 Å². The average Bonchev–Trinajstić information content (AvgIpc) is 3.08. The minimum atomic E-state index is -1.24. The number of carboxylic acids is 1. The molecule has 2 heterocycles. The summed E-state index contributed by atoms with van der Waals surface area (Å²) in [5, 5.41) is 12.4. The van der Waals surface area contributed by atoms with Crippen molar-refractivity contribution >= 4 is 40.6 Å². The Kier molecular flexibility index (Phi) is 3.78. The zero-order valence-corrected chi connectivity index (χ0v) is 13.6. The molecule has 5 nitrogen and oxygen atoms in total. The van der Waals surface area contributed by atoms with Crippen molar-refractivity contribution in [3.05, 3.63) is 64.3 Å². The maximum absolute atomic E-state index is 11.4. The predicted molar refractivity (Wildman–Crippen MR) is 92.6 cm³/mol. The molecule has 2 aromatic carbocycles. The topological polar surface area (TPSA) is 71.5 Å². The number of para-hydroxylation sites is 1. The van der Waals surface area contributed by atoms with Gasteiger partial charge in [-0.25, -0.2) is 4.98 Å². The van der Waals surface area contributed by atoms with E-state index >= 15 is 0 Å². The number of halogens is 1. The van der Waals surface area contributed by atoms with E-state index in [1.165, 1.54) is 6.07 Å². The van der Waals surface area contributed by atoms with Gasteiger partial charge in [0.1, 0.15) is 0 Å². The number of rotatable bonds is 3. The fourth-order valence-electron chi connectivity index (χ4n) is 2.72. The Bertz CT molecular complexity index is 1030. The van der Waals surface area contributed by atoms with E-state index in [4.69, 9.17) is 21.1 Å². The number of hydrogen-bond donors (Lipinski definition) is 0. The first kappa shape index (κ1) is 15.5. The van der Waals surface area contributed by atoms with Crippen LogP contribution in [0.5, 0.6) is 11.5 Å². The summed E-state index contributed by atoms with van der Waals surface area (Å²) in [5.74, 6) is -0.129. The molecule has 4 rings (SSSR count). The Morgan fingerprint density at radius 2 is 2.00 bits per heavy atom. The van der Waals surface area contributed by atoms with Crippen molar-refractivity contribution < 1.29 is 19.4 Å². The third kappa shape index (κ3) is 2.90. The standard InChI is InChI=1S/C19H12ClNO4/c20-15-7-11(8-17-18(15)25-10-24-17)5-6-12-9-14(19(22)23)13-3-1-2-4-16(13)21-12/h1-9H,10H2,(H,22,23)/p-1/b6-5+. The smallest absolute Gasteiger partial charge is 0.231 e. The van der Waals surface area contributed by atoms with E-state index in [1.807, 2.05) is 0 Å².